The number of carbonyl (C=O) groups excluding carboxylic acids is 3. The monoisotopic (exact) mass is 464 g/mol. The van der Waals surface area contributed by atoms with Crippen LogP contribution in [0.2, 0.25) is 0 Å². The largest absolute Gasteiger partial charge is 0.295 e. The number of carbonyl (C=O) groups is 3. The van der Waals surface area contributed by atoms with Crippen LogP contribution in [0.15, 0.2) is 89.1 Å². The molecule has 7 heteroatoms. The predicted molar refractivity (Wildman–Crippen MR) is 130 cm³/mol. The molecule has 3 aromatic carbocycles. The molecule has 1 aliphatic heterocycles. The Morgan fingerprint density at radius 3 is 1.94 bits per heavy atom. The average Bonchev–Trinajstić information content (AvgIpc) is 3.11. The van der Waals surface area contributed by atoms with Crippen molar-refractivity contribution in [1.82, 2.24) is 4.90 Å². The molecular formula is C28H24N4O3. The van der Waals surface area contributed by atoms with Gasteiger partial charge in [-0.05, 0) is 23.3 Å². The summed E-state index contributed by atoms with van der Waals surface area (Å²) < 4.78 is 0. The molecule has 1 unspecified atom stereocenters. The van der Waals surface area contributed by atoms with E-state index in [1.165, 1.54) is 4.90 Å². The van der Waals surface area contributed by atoms with Crippen molar-refractivity contribution in [2.75, 3.05) is 0 Å². The van der Waals surface area contributed by atoms with E-state index in [0.717, 1.165) is 11.1 Å². The first kappa shape index (κ1) is 23.7. The molecule has 174 valence electrons. The van der Waals surface area contributed by atoms with Crippen LogP contribution >= 0.6 is 0 Å². The van der Waals surface area contributed by atoms with Gasteiger partial charge in [0.1, 0.15) is 0 Å². The molecule has 2 amide bonds. The molecule has 1 atom stereocenters. The van der Waals surface area contributed by atoms with Gasteiger partial charge in [0.25, 0.3) is 11.8 Å². The fourth-order valence-electron chi connectivity index (χ4n) is 4.03. The van der Waals surface area contributed by atoms with E-state index in [1.54, 1.807) is 39.0 Å². The standard InChI is InChI=1S/C28H24N4O3/c1-28(2,3)25(33)22(17-29)31-30-21-16-10-15-20-23(21)27(35)32(26(20)34)24(18-11-6-4-7-12-18)19-13-8-5-9-14-19/h4-16,22,24H,1-3H3. The molecular weight excluding hydrogens is 440 g/mol. The zero-order valence-corrected chi connectivity index (χ0v) is 19.7. The number of nitrogens with zero attached hydrogens (tertiary/aromatic N) is 4. The lowest BCUT2D eigenvalue weighted by Gasteiger charge is -2.27. The van der Waals surface area contributed by atoms with E-state index >= 15 is 0 Å². The van der Waals surface area contributed by atoms with E-state index < -0.39 is 29.3 Å². The molecule has 0 radical (unpaired) electrons. The molecule has 0 spiro atoms. The number of hydrogen-bond donors (Lipinski definition) is 0. The van der Waals surface area contributed by atoms with E-state index in [4.69, 9.17) is 0 Å². The van der Waals surface area contributed by atoms with Gasteiger partial charge in [-0.25, -0.2) is 0 Å². The van der Waals surface area contributed by atoms with Crippen molar-refractivity contribution in [3.8, 4) is 6.07 Å². The summed E-state index contributed by atoms with van der Waals surface area (Å²) in [6.07, 6.45) is 0. The third-order valence-corrected chi connectivity index (χ3v) is 5.80. The molecule has 7 nitrogen and oxygen atoms in total. The minimum Gasteiger partial charge on any atom is -0.295 e. The van der Waals surface area contributed by atoms with Crippen molar-refractivity contribution in [2.24, 2.45) is 15.6 Å². The Morgan fingerprint density at radius 1 is 0.857 bits per heavy atom. The Balaban J connectivity index is 1.76. The van der Waals surface area contributed by atoms with Gasteiger partial charge in [-0.3, -0.25) is 19.3 Å². The Hall–Kier alpha value is -4.44. The summed E-state index contributed by atoms with van der Waals surface area (Å²) in [5.74, 6) is -1.33. The SMILES string of the molecule is CC(C)(C)C(=O)C(C#N)N=Nc1cccc2c1C(=O)N(C(c1ccccc1)c1ccccc1)C2=O. The molecule has 35 heavy (non-hydrogen) atoms. The molecule has 1 aliphatic rings. The summed E-state index contributed by atoms with van der Waals surface area (Å²) in [5, 5.41) is 17.5. The third kappa shape index (κ3) is 4.51. The highest BCUT2D eigenvalue weighted by atomic mass is 16.2. The second-order valence-electron chi connectivity index (χ2n) is 9.27. The first-order valence-corrected chi connectivity index (χ1v) is 11.2. The Bertz CT molecular complexity index is 1310. The highest BCUT2D eigenvalue weighted by Crippen LogP contribution is 2.39. The molecule has 0 N–H and O–H groups in total. The van der Waals surface area contributed by atoms with E-state index in [-0.39, 0.29) is 22.6 Å². The van der Waals surface area contributed by atoms with Gasteiger partial charge in [-0.1, -0.05) is 87.5 Å². The van der Waals surface area contributed by atoms with Gasteiger partial charge in [0, 0.05) is 5.41 Å². The van der Waals surface area contributed by atoms with Crippen molar-refractivity contribution in [2.45, 2.75) is 32.9 Å². The van der Waals surface area contributed by atoms with Gasteiger partial charge in [-0.2, -0.15) is 15.5 Å². The second kappa shape index (κ2) is 9.43. The summed E-state index contributed by atoms with van der Waals surface area (Å²) in [4.78, 5) is 41.0. The summed E-state index contributed by atoms with van der Waals surface area (Å²) >= 11 is 0. The lowest BCUT2D eigenvalue weighted by atomic mass is 9.87. The number of fused-ring (bicyclic) bond motifs is 1. The van der Waals surface area contributed by atoms with Crippen LogP contribution in [0.1, 0.15) is 58.7 Å². The van der Waals surface area contributed by atoms with Crippen LogP contribution in [-0.4, -0.2) is 28.5 Å². The van der Waals surface area contributed by atoms with E-state index in [9.17, 15) is 19.6 Å². The summed E-state index contributed by atoms with van der Waals surface area (Å²) in [6, 6.07) is 23.3. The number of hydrogen-bond acceptors (Lipinski definition) is 6. The number of Topliss-reactive ketones (excluding diaryl/α,β-unsaturated/α-hetero) is 1. The van der Waals surface area contributed by atoms with Gasteiger partial charge in [0.05, 0.1) is 28.9 Å². The van der Waals surface area contributed by atoms with Crippen LogP contribution in [0, 0.1) is 16.7 Å². The normalized spacial score (nSPS) is 14.3. The first-order valence-electron chi connectivity index (χ1n) is 11.2. The topological polar surface area (TPSA) is 103 Å². The summed E-state index contributed by atoms with van der Waals surface area (Å²) in [7, 11) is 0. The maximum Gasteiger partial charge on any atom is 0.264 e. The van der Waals surface area contributed by atoms with Gasteiger partial charge in [0.2, 0.25) is 6.04 Å². The van der Waals surface area contributed by atoms with Crippen molar-refractivity contribution in [3.05, 3.63) is 101 Å². The maximum atomic E-state index is 13.7. The third-order valence-electron chi connectivity index (χ3n) is 5.80. The molecule has 4 rings (SSSR count). The average molecular weight is 465 g/mol. The van der Waals surface area contributed by atoms with Crippen molar-refractivity contribution in [3.63, 3.8) is 0 Å². The Morgan fingerprint density at radius 2 is 1.43 bits per heavy atom. The van der Waals surface area contributed by atoms with Crippen LogP contribution in [-0.2, 0) is 4.79 Å². The van der Waals surface area contributed by atoms with Crippen molar-refractivity contribution < 1.29 is 14.4 Å². The number of benzene rings is 3. The lowest BCUT2D eigenvalue weighted by Crippen LogP contribution is -2.34. The lowest BCUT2D eigenvalue weighted by molar-refractivity contribution is -0.126. The van der Waals surface area contributed by atoms with Crippen molar-refractivity contribution >= 4 is 23.3 Å². The number of amides is 2. The minimum absolute atomic E-state index is 0.109. The van der Waals surface area contributed by atoms with Gasteiger partial charge in [-0.15, -0.1) is 0 Å². The minimum atomic E-state index is -1.31. The van der Waals surface area contributed by atoms with Crippen LogP contribution in [0.3, 0.4) is 0 Å². The Labute approximate surface area is 203 Å². The number of azo groups is 1. The van der Waals surface area contributed by atoms with Gasteiger partial charge >= 0.3 is 0 Å². The number of imide groups is 1. The van der Waals surface area contributed by atoms with Gasteiger partial charge in [0.15, 0.2) is 5.78 Å². The molecule has 3 aromatic rings. The highest BCUT2D eigenvalue weighted by Gasteiger charge is 2.43. The zero-order valence-electron chi connectivity index (χ0n) is 19.7. The van der Waals surface area contributed by atoms with Crippen LogP contribution < -0.4 is 0 Å². The molecule has 0 saturated carbocycles. The molecule has 0 aromatic heterocycles. The van der Waals surface area contributed by atoms with Crippen molar-refractivity contribution in [1.29, 1.82) is 5.26 Å². The van der Waals surface area contributed by atoms with Crippen LogP contribution in [0.25, 0.3) is 0 Å². The van der Waals surface area contributed by atoms with Crippen LogP contribution in [0.5, 0.6) is 0 Å². The second-order valence-corrected chi connectivity index (χ2v) is 9.27. The van der Waals surface area contributed by atoms with E-state index in [0.29, 0.717) is 0 Å². The molecule has 0 aliphatic carbocycles. The maximum absolute atomic E-state index is 13.7. The predicted octanol–water partition coefficient (Wildman–Crippen LogP) is 5.66. The summed E-state index contributed by atoms with van der Waals surface area (Å²) in [6.45, 7) is 5.09. The molecule has 0 saturated heterocycles. The smallest absolute Gasteiger partial charge is 0.264 e. The molecule has 1 heterocycles. The zero-order chi connectivity index (χ0) is 25.2. The van der Waals surface area contributed by atoms with E-state index in [2.05, 4.69) is 10.2 Å². The highest BCUT2D eigenvalue weighted by molar-refractivity contribution is 6.23. The van der Waals surface area contributed by atoms with Gasteiger partial charge < -0.3 is 0 Å². The number of ketones is 1. The fraction of sp³-hybridized carbons (Fsp3) is 0.214. The fourth-order valence-corrected chi connectivity index (χ4v) is 4.03. The Kier molecular flexibility index (Phi) is 6.39. The molecule has 0 bridgehead atoms. The quantitative estimate of drug-likeness (QED) is 0.347. The van der Waals surface area contributed by atoms with E-state index in [1.807, 2.05) is 66.7 Å². The summed E-state index contributed by atoms with van der Waals surface area (Å²) in [5.41, 5.74) is 1.26. The number of nitriles is 1. The molecule has 0 fully saturated rings. The first-order chi connectivity index (χ1) is 16.7. The number of rotatable bonds is 6. The van der Waals surface area contributed by atoms with Crippen LogP contribution in [0.4, 0.5) is 5.69 Å².